The normalized spacial score (nSPS) is 11.8. The van der Waals surface area contributed by atoms with Crippen LogP contribution in [0.3, 0.4) is 0 Å². The van der Waals surface area contributed by atoms with Crippen molar-refractivity contribution in [1.82, 2.24) is 10.6 Å². The minimum absolute atomic E-state index is 0.0452. The molecule has 1 heterocycles. The van der Waals surface area contributed by atoms with Crippen LogP contribution in [0.2, 0.25) is 5.02 Å². The zero-order chi connectivity index (χ0) is 16.8. The summed E-state index contributed by atoms with van der Waals surface area (Å²) in [6, 6.07) is 7.02. The van der Waals surface area contributed by atoms with Crippen molar-refractivity contribution in [2.75, 3.05) is 13.1 Å². The van der Waals surface area contributed by atoms with Gasteiger partial charge in [0, 0.05) is 0 Å². The van der Waals surface area contributed by atoms with Gasteiger partial charge in [0.2, 0.25) is 5.91 Å². The Kier molecular flexibility index (Phi) is 5.72. The Hall–Kier alpha value is -2.38. The molecule has 122 valence electrons. The lowest BCUT2D eigenvalue weighted by Gasteiger charge is -2.11. The summed E-state index contributed by atoms with van der Waals surface area (Å²) < 4.78 is 18.5. The molecule has 2 aromatic rings. The van der Waals surface area contributed by atoms with Crippen LogP contribution in [-0.2, 0) is 4.79 Å². The second-order valence-electron chi connectivity index (χ2n) is 4.61. The molecule has 0 aliphatic carbocycles. The lowest BCUT2D eigenvalue weighted by atomic mass is 10.2. The van der Waals surface area contributed by atoms with Gasteiger partial charge in [0.25, 0.3) is 5.91 Å². The summed E-state index contributed by atoms with van der Waals surface area (Å²) in [4.78, 5) is 23.5. The van der Waals surface area contributed by atoms with E-state index in [1.807, 2.05) is 0 Å². The number of hydrogen-bond acceptors (Lipinski definition) is 4. The van der Waals surface area contributed by atoms with Gasteiger partial charge < -0.3 is 20.2 Å². The van der Waals surface area contributed by atoms with Crippen LogP contribution in [0, 0.1) is 5.82 Å². The van der Waals surface area contributed by atoms with Gasteiger partial charge >= 0.3 is 0 Å². The molecule has 0 radical (unpaired) electrons. The quantitative estimate of drug-likeness (QED) is 0.745. The minimum Gasteiger partial charge on any atom is -0.467 e. The van der Waals surface area contributed by atoms with Crippen molar-refractivity contribution in [1.29, 1.82) is 0 Å². The molecule has 0 spiro atoms. The third kappa shape index (κ3) is 4.54. The lowest BCUT2D eigenvalue weighted by molar-refractivity contribution is -0.120. The molecule has 2 amide bonds. The van der Waals surface area contributed by atoms with Crippen LogP contribution in [0.25, 0.3) is 0 Å². The smallest absolute Gasteiger partial charge is 0.256 e. The van der Waals surface area contributed by atoms with Crippen LogP contribution in [0.5, 0.6) is 0 Å². The van der Waals surface area contributed by atoms with Gasteiger partial charge in [-0.15, -0.1) is 0 Å². The van der Waals surface area contributed by atoms with E-state index in [-0.39, 0.29) is 23.7 Å². The Balaban J connectivity index is 1.81. The number of aliphatic hydroxyl groups is 1. The molecule has 3 N–H and O–H groups in total. The number of benzene rings is 1. The molecule has 0 fully saturated rings. The maximum Gasteiger partial charge on any atom is 0.256 e. The van der Waals surface area contributed by atoms with Crippen LogP contribution < -0.4 is 10.6 Å². The molecule has 0 saturated carbocycles. The molecule has 23 heavy (non-hydrogen) atoms. The SMILES string of the molecule is O=C(CNC(=O)c1c(F)cccc1Cl)NCC(O)c1ccco1. The first-order chi connectivity index (χ1) is 11.0. The Morgan fingerprint density at radius 3 is 2.70 bits per heavy atom. The monoisotopic (exact) mass is 340 g/mol. The molecule has 1 aromatic heterocycles. The van der Waals surface area contributed by atoms with Crippen molar-refractivity contribution in [3.63, 3.8) is 0 Å². The highest BCUT2D eigenvalue weighted by Gasteiger charge is 2.17. The summed E-state index contributed by atoms with van der Waals surface area (Å²) >= 11 is 5.75. The molecular formula is C15H14ClFN2O4. The van der Waals surface area contributed by atoms with Crippen LogP contribution in [-0.4, -0.2) is 30.0 Å². The van der Waals surface area contributed by atoms with Gasteiger partial charge in [0.05, 0.1) is 29.9 Å². The van der Waals surface area contributed by atoms with Gasteiger partial charge in [-0.05, 0) is 24.3 Å². The molecule has 1 atom stereocenters. The van der Waals surface area contributed by atoms with E-state index in [0.29, 0.717) is 5.76 Å². The van der Waals surface area contributed by atoms with Gasteiger partial charge in [0.15, 0.2) is 0 Å². The maximum atomic E-state index is 13.5. The fraction of sp³-hybridized carbons (Fsp3) is 0.200. The zero-order valence-corrected chi connectivity index (χ0v) is 12.6. The second kappa shape index (κ2) is 7.75. The number of hydrogen-bond donors (Lipinski definition) is 3. The van der Waals surface area contributed by atoms with Crippen LogP contribution in [0.15, 0.2) is 41.0 Å². The van der Waals surface area contributed by atoms with Crippen LogP contribution in [0.4, 0.5) is 4.39 Å². The number of rotatable bonds is 6. The first kappa shape index (κ1) is 17.0. The van der Waals surface area contributed by atoms with Crippen molar-refractivity contribution in [3.05, 3.63) is 58.8 Å². The number of carbonyl (C=O) groups is 2. The van der Waals surface area contributed by atoms with E-state index < -0.39 is 23.7 Å². The largest absolute Gasteiger partial charge is 0.467 e. The van der Waals surface area contributed by atoms with Gasteiger partial charge in [-0.2, -0.15) is 0 Å². The minimum atomic E-state index is -0.995. The molecule has 1 unspecified atom stereocenters. The average Bonchev–Trinajstić information content (AvgIpc) is 3.05. The van der Waals surface area contributed by atoms with Crippen LogP contribution in [0.1, 0.15) is 22.2 Å². The standard InChI is InChI=1S/C15H14ClFN2O4/c16-9-3-1-4-10(17)14(9)15(22)19-8-13(21)18-7-11(20)12-5-2-6-23-12/h1-6,11,20H,7-8H2,(H,18,21)(H,19,22). The highest BCUT2D eigenvalue weighted by molar-refractivity contribution is 6.33. The Morgan fingerprint density at radius 2 is 2.04 bits per heavy atom. The molecule has 1 aromatic carbocycles. The molecule has 2 rings (SSSR count). The van der Waals surface area contributed by atoms with Gasteiger partial charge in [-0.25, -0.2) is 4.39 Å². The molecule has 6 nitrogen and oxygen atoms in total. The highest BCUT2D eigenvalue weighted by Crippen LogP contribution is 2.18. The highest BCUT2D eigenvalue weighted by atomic mass is 35.5. The molecule has 0 aliphatic heterocycles. The van der Waals surface area contributed by atoms with Crippen molar-refractivity contribution in [2.45, 2.75) is 6.10 Å². The van der Waals surface area contributed by atoms with Crippen LogP contribution >= 0.6 is 11.6 Å². The van der Waals surface area contributed by atoms with Gasteiger partial charge in [-0.1, -0.05) is 17.7 Å². The summed E-state index contributed by atoms with van der Waals surface area (Å²) in [7, 11) is 0. The molecule has 0 saturated heterocycles. The third-order valence-corrected chi connectivity index (χ3v) is 3.28. The Bertz CT molecular complexity index is 671. The molecule has 8 heteroatoms. The van der Waals surface area contributed by atoms with Gasteiger partial charge in [0.1, 0.15) is 17.7 Å². The zero-order valence-electron chi connectivity index (χ0n) is 11.9. The van der Waals surface area contributed by atoms with Crippen molar-refractivity contribution < 1.29 is 23.5 Å². The van der Waals surface area contributed by atoms with E-state index in [9.17, 15) is 19.1 Å². The topological polar surface area (TPSA) is 91.6 Å². The van der Waals surface area contributed by atoms with E-state index in [0.717, 1.165) is 6.07 Å². The molecule has 0 aliphatic rings. The number of carbonyl (C=O) groups excluding carboxylic acids is 2. The fourth-order valence-corrected chi connectivity index (χ4v) is 2.07. The molecular weight excluding hydrogens is 327 g/mol. The summed E-state index contributed by atoms with van der Waals surface area (Å²) in [5.74, 6) is -1.80. The molecule has 0 bridgehead atoms. The van der Waals surface area contributed by atoms with E-state index in [2.05, 4.69) is 10.6 Å². The average molecular weight is 341 g/mol. The predicted octanol–water partition coefficient (Wildman–Crippen LogP) is 1.65. The summed E-state index contributed by atoms with van der Waals surface area (Å²) in [5.41, 5.74) is -0.322. The first-order valence-electron chi connectivity index (χ1n) is 6.69. The van der Waals surface area contributed by atoms with E-state index in [1.165, 1.54) is 18.4 Å². The number of amides is 2. The number of aliphatic hydroxyl groups excluding tert-OH is 1. The lowest BCUT2D eigenvalue weighted by Crippen LogP contribution is -2.38. The van der Waals surface area contributed by atoms with Crippen molar-refractivity contribution >= 4 is 23.4 Å². The van der Waals surface area contributed by atoms with E-state index in [4.69, 9.17) is 16.0 Å². The maximum absolute atomic E-state index is 13.5. The number of halogens is 2. The number of nitrogens with one attached hydrogen (secondary N) is 2. The second-order valence-corrected chi connectivity index (χ2v) is 5.02. The fourth-order valence-electron chi connectivity index (χ4n) is 1.82. The first-order valence-corrected chi connectivity index (χ1v) is 7.07. The number of furan rings is 1. The van der Waals surface area contributed by atoms with E-state index >= 15 is 0 Å². The predicted molar refractivity (Wildman–Crippen MR) is 80.4 cm³/mol. The Morgan fingerprint density at radius 1 is 1.26 bits per heavy atom. The summed E-state index contributed by atoms with van der Waals surface area (Å²) in [6.07, 6.45) is 0.407. The third-order valence-electron chi connectivity index (χ3n) is 2.96. The van der Waals surface area contributed by atoms with Crippen molar-refractivity contribution in [2.24, 2.45) is 0 Å². The summed E-state index contributed by atoms with van der Waals surface area (Å²) in [6.45, 7) is -0.461. The van der Waals surface area contributed by atoms with E-state index in [1.54, 1.807) is 12.1 Å². The van der Waals surface area contributed by atoms with Crippen molar-refractivity contribution in [3.8, 4) is 0 Å². The van der Waals surface area contributed by atoms with Gasteiger partial charge in [-0.3, -0.25) is 9.59 Å². The Labute approximate surface area is 136 Å². The summed E-state index contributed by atoms with van der Waals surface area (Å²) in [5, 5.41) is 14.4.